The molecular formula is C17H25N3O. The normalized spacial score (nSPS) is 16.8. The Bertz CT molecular complexity index is 461. The molecule has 0 bridgehead atoms. The summed E-state index contributed by atoms with van der Waals surface area (Å²) in [6.07, 6.45) is 2.50. The zero-order chi connectivity index (χ0) is 14.9. The monoisotopic (exact) mass is 287 g/mol. The van der Waals surface area contributed by atoms with E-state index in [2.05, 4.69) is 22.4 Å². The molecule has 21 heavy (non-hydrogen) atoms. The third-order valence-corrected chi connectivity index (χ3v) is 4.09. The van der Waals surface area contributed by atoms with Crippen LogP contribution in [0.3, 0.4) is 0 Å². The third-order valence-electron chi connectivity index (χ3n) is 4.09. The van der Waals surface area contributed by atoms with Gasteiger partial charge in [0.2, 0.25) is 0 Å². The highest BCUT2D eigenvalue weighted by atomic mass is 16.5. The van der Waals surface area contributed by atoms with E-state index in [0.717, 1.165) is 50.8 Å². The lowest BCUT2D eigenvalue weighted by molar-refractivity contribution is 0.168. The Morgan fingerprint density at radius 3 is 2.90 bits per heavy atom. The maximum absolute atomic E-state index is 8.94. The first-order valence-electron chi connectivity index (χ1n) is 7.73. The maximum Gasteiger partial charge on any atom is 0.0991 e. The number of methoxy groups -OCH3 is 1. The van der Waals surface area contributed by atoms with Gasteiger partial charge in [-0.3, -0.25) is 4.90 Å². The average molecular weight is 287 g/mol. The van der Waals surface area contributed by atoms with E-state index >= 15 is 0 Å². The highest BCUT2D eigenvalue weighted by Gasteiger charge is 2.18. The van der Waals surface area contributed by atoms with Gasteiger partial charge in [-0.15, -0.1) is 0 Å². The van der Waals surface area contributed by atoms with Crippen molar-refractivity contribution < 1.29 is 4.74 Å². The molecule has 2 rings (SSSR count). The fraction of sp³-hybridized carbons (Fsp3) is 0.588. The van der Waals surface area contributed by atoms with Crippen LogP contribution in [0.5, 0.6) is 0 Å². The number of likely N-dealkylation sites (tertiary alicyclic amines) is 1. The number of piperidine rings is 1. The first kappa shape index (κ1) is 16.0. The van der Waals surface area contributed by atoms with E-state index in [0.29, 0.717) is 0 Å². The zero-order valence-corrected chi connectivity index (χ0v) is 12.8. The molecule has 1 aliphatic rings. The number of nitrogens with one attached hydrogen (secondary N) is 1. The zero-order valence-electron chi connectivity index (χ0n) is 12.8. The average Bonchev–Trinajstić information content (AvgIpc) is 2.53. The molecule has 0 amide bonds. The van der Waals surface area contributed by atoms with Gasteiger partial charge in [0.05, 0.1) is 18.2 Å². The summed E-state index contributed by atoms with van der Waals surface area (Å²) < 4.78 is 5.04. The Balaban J connectivity index is 1.70. The van der Waals surface area contributed by atoms with E-state index in [4.69, 9.17) is 10.00 Å². The molecule has 1 aromatic rings. The van der Waals surface area contributed by atoms with E-state index < -0.39 is 0 Å². The summed E-state index contributed by atoms with van der Waals surface area (Å²) in [6.45, 7) is 6.08. The molecule has 1 aliphatic heterocycles. The standard InChI is InChI=1S/C17H25N3O/c1-21-10-7-19-13-15-5-8-20(9-6-15)14-17-4-2-3-16(11-17)12-18/h2-4,11,15,19H,5-10,13-14H2,1H3. The van der Waals surface area contributed by atoms with Crippen molar-refractivity contribution in [1.29, 1.82) is 5.26 Å². The number of ether oxygens (including phenoxy) is 1. The van der Waals surface area contributed by atoms with Crippen molar-refractivity contribution in [3.63, 3.8) is 0 Å². The van der Waals surface area contributed by atoms with Crippen LogP contribution in [0.4, 0.5) is 0 Å². The van der Waals surface area contributed by atoms with Crippen molar-refractivity contribution in [1.82, 2.24) is 10.2 Å². The summed E-state index contributed by atoms with van der Waals surface area (Å²) in [5, 5.41) is 12.4. The predicted molar refractivity (Wildman–Crippen MR) is 83.9 cm³/mol. The van der Waals surface area contributed by atoms with E-state index in [1.807, 2.05) is 18.2 Å². The molecule has 0 radical (unpaired) electrons. The van der Waals surface area contributed by atoms with Crippen LogP contribution in [0, 0.1) is 17.2 Å². The summed E-state index contributed by atoms with van der Waals surface area (Å²) in [6, 6.07) is 10.2. The van der Waals surface area contributed by atoms with Gasteiger partial charge in [0.25, 0.3) is 0 Å². The number of rotatable bonds is 7. The molecule has 0 spiro atoms. The summed E-state index contributed by atoms with van der Waals surface area (Å²) in [4.78, 5) is 2.49. The third kappa shape index (κ3) is 5.47. The highest BCUT2D eigenvalue weighted by Crippen LogP contribution is 2.18. The van der Waals surface area contributed by atoms with Crippen LogP contribution < -0.4 is 5.32 Å². The van der Waals surface area contributed by atoms with Crippen LogP contribution in [0.2, 0.25) is 0 Å². The fourth-order valence-electron chi connectivity index (χ4n) is 2.83. The van der Waals surface area contributed by atoms with E-state index in [9.17, 15) is 0 Å². The largest absolute Gasteiger partial charge is 0.383 e. The lowest BCUT2D eigenvalue weighted by Crippen LogP contribution is -2.37. The minimum Gasteiger partial charge on any atom is -0.383 e. The Hall–Kier alpha value is -1.41. The van der Waals surface area contributed by atoms with Gasteiger partial charge in [-0.2, -0.15) is 5.26 Å². The lowest BCUT2D eigenvalue weighted by atomic mass is 9.96. The molecule has 4 nitrogen and oxygen atoms in total. The summed E-state index contributed by atoms with van der Waals surface area (Å²) in [5.74, 6) is 0.781. The van der Waals surface area contributed by atoms with Crippen LogP contribution in [0.15, 0.2) is 24.3 Å². The highest BCUT2D eigenvalue weighted by molar-refractivity contribution is 5.32. The van der Waals surface area contributed by atoms with Gasteiger partial charge in [-0.25, -0.2) is 0 Å². The summed E-state index contributed by atoms with van der Waals surface area (Å²) in [5.41, 5.74) is 2.00. The second kappa shape index (κ2) is 8.78. The second-order valence-corrected chi connectivity index (χ2v) is 5.73. The van der Waals surface area contributed by atoms with E-state index in [-0.39, 0.29) is 0 Å². The van der Waals surface area contributed by atoms with Crippen molar-refractivity contribution in [3.05, 3.63) is 35.4 Å². The molecule has 1 fully saturated rings. The quantitative estimate of drug-likeness (QED) is 0.779. The molecule has 1 N–H and O–H groups in total. The lowest BCUT2D eigenvalue weighted by Gasteiger charge is -2.32. The first-order chi connectivity index (χ1) is 10.3. The van der Waals surface area contributed by atoms with Gasteiger partial charge in [0.1, 0.15) is 0 Å². The van der Waals surface area contributed by atoms with E-state index in [1.54, 1.807) is 7.11 Å². The van der Waals surface area contributed by atoms with Crippen molar-refractivity contribution in [2.45, 2.75) is 19.4 Å². The molecule has 1 heterocycles. The van der Waals surface area contributed by atoms with Crippen molar-refractivity contribution in [2.24, 2.45) is 5.92 Å². The Morgan fingerprint density at radius 2 is 2.19 bits per heavy atom. The molecule has 0 saturated carbocycles. The molecule has 1 saturated heterocycles. The van der Waals surface area contributed by atoms with Crippen molar-refractivity contribution in [3.8, 4) is 6.07 Å². The maximum atomic E-state index is 8.94. The topological polar surface area (TPSA) is 48.3 Å². The molecule has 4 heteroatoms. The minimum atomic E-state index is 0.754. The number of hydrogen-bond donors (Lipinski definition) is 1. The molecule has 1 aromatic carbocycles. The van der Waals surface area contributed by atoms with Gasteiger partial charge in [-0.1, -0.05) is 12.1 Å². The molecule has 0 atom stereocenters. The van der Waals surface area contributed by atoms with E-state index in [1.165, 1.54) is 18.4 Å². The van der Waals surface area contributed by atoms with Crippen molar-refractivity contribution in [2.75, 3.05) is 39.9 Å². The molecular weight excluding hydrogens is 262 g/mol. The number of nitrogens with zero attached hydrogens (tertiary/aromatic N) is 2. The smallest absolute Gasteiger partial charge is 0.0991 e. The van der Waals surface area contributed by atoms with Gasteiger partial charge in [-0.05, 0) is 56.1 Å². The molecule has 0 unspecified atom stereocenters. The Morgan fingerprint density at radius 1 is 1.38 bits per heavy atom. The molecule has 0 aromatic heterocycles. The van der Waals surface area contributed by atoms with Crippen LogP contribution >= 0.6 is 0 Å². The molecule has 114 valence electrons. The van der Waals surface area contributed by atoms with Crippen LogP contribution in [-0.2, 0) is 11.3 Å². The SMILES string of the molecule is COCCNCC1CCN(Cc2cccc(C#N)c2)CC1. The number of hydrogen-bond acceptors (Lipinski definition) is 4. The van der Waals surface area contributed by atoms with Gasteiger partial charge >= 0.3 is 0 Å². The summed E-state index contributed by atoms with van der Waals surface area (Å²) in [7, 11) is 1.74. The summed E-state index contributed by atoms with van der Waals surface area (Å²) >= 11 is 0. The van der Waals surface area contributed by atoms with Crippen LogP contribution in [-0.4, -0.2) is 44.8 Å². The fourth-order valence-corrected chi connectivity index (χ4v) is 2.83. The minimum absolute atomic E-state index is 0.754. The number of benzene rings is 1. The van der Waals surface area contributed by atoms with Gasteiger partial charge in [0.15, 0.2) is 0 Å². The number of nitriles is 1. The first-order valence-corrected chi connectivity index (χ1v) is 7.73. The Kier molecular flexibility index (Phi) is 6.68. The Labute approximate surface area is 127 Å². The van der Waals surface area contributed by atoms with Crippen LogP contribution in [0.1, 0.15) is 24.0 Å². The van der Waals surface area contributed by atoms with Gasteiger partial charge < -0.3 is 10.1 Å². The van der Waals surface area contributed by atoms with Crippen LogP contribution in [0.25, 0.3) is 0 Å². The predicted octanol–water partition coefficient (Wildman–Crippen LogP) is 2.01. The van der Waals surface area contributed by atoms with Gasteiger partial charge in [0, 0.05) is 20.2 Å². The second-order valence-electron chi connectivity index (χ2n) is 5.73. The molecule has 0 aliphatic carbocycles. The van der Waals surface area contributed by atoms with Crippen molar-refractivity contribution >= 4 is 0 Å².